The van der Waals surface area contributed by atoms with E-state index in [0.717, 1.165) is 44.7 Å². The van der Waals surface area contributed by atoms with E-state index in [0.29, 0.717) is 22.8 Å². The Labute approximate surface area is 197 Å². The second kappa shape index (κ2) is 8.25. The molecule has 34 heavy (non-hydrogen) atoms. The predicted molar refractivity (Wildman–Crippen MR) is 133 cm³/mol. The largest absolute Gasteiger partial charge is 0.369 e. The smallest absolute Gasteiger partial charge is 0.278 e. The number of benzene rings is 1. The van der Waals surface area contributed by atoms with Gasteiger partial charge in [-0.3, -0.25) is 4.79 Å². The Morgan fingerprint density at radius 1 is 1.03 bits per heavy atom. The van der Waals surface area contributed by atoms with Gasteiger partial charge >= 0.3 is 0 Å². The number of rotatable bonds is 5. The van der Waals surface area contributed by atoms with Crippen LogP contribution >= 0.6 is 0 Å². The van der Waals surface area contributed by atoms with Crippen molar-refractivity contribution in [2.75, 3.05) is 43.4 Å². The third-order valence-electron chi connectivity index (χ3n) is 6.68. The molecule has 0 atom stereocenters. The number of hydrogen-bond donors (Lipinski definition) is 1. The lowest BCUT2D eigenvalue weighted by Gasteiger charge is -2.35. The topological polar surface area (TPSA) is 84.1 Å². The Bertz CT molecular complexity index is 1400. The van der Waals surface area contributed by atoms with Crippen LogP contribution in [0, 0.1) is 6.92 Å². The molecule has 0 amide bonds. The van der Waals surface area contributed by atoms with Crippen LogP contribution in [0.5, 0.6) is 0 Å². The molecule has 1 saturated carbocycles. The molecule has 9 heteroatoms. The molecule has 1 N–H and O–H groups in total. The highest BCUT2D eigenvalue weighted by atomic mass is 16.1. The summed E-state index contributed by atoms with van der Waals surface area (Å²) in [6.07, 6.45) is 5.33. The number of nitrogens with one attached hydrogen (secondary N) is 1. The van der Waals surface area contributed by atoms with Crippen LogP contribution in [-0.2, 0) is 0 Å². The molecule has 6 rings (SSSR count). The van der Waals surface area contributed by atoms with Gasteiger partial charge in [0.05, 0.1) is 6.04 Å². The Morgan fingerprint density at radius 3 is 2.56 bits per heavy atom. The van der Waals surface area contributed by atoms with Crippen LogP contribution in [0.4, 0.5) is 17.3 Å². The summed E-state index contributed by atoms with van der Waals surface area (Å²) in [6, 6.07) is 12.2. The van der Waals surface area contributed by atoms with Crippen molar-refractivity contribution in [3.8, 4) is 5.82 Å². The minimum Gasteiger partial charge on any atom is -0.369 e. The van der Waals surface area contributed by atoms with E-state index in [1.54, 1.807) is 17.1 Å². The third kappa shape index (κ3) is 3.71. The summed E-state index contributed by atoms with van der Waals surface area (Å²) in [5.41, 5.74) is 3.89. The first kappa shape index (κ1) is 20.9. The third-order valence-corrected chi connectivity index (χ3v) is 6.68. The SMILES string of the molecule is Cc1cc(Nc2ncc3c(=O)n(C4CC4)n(-c4ccccn4)c3n2)ccc1N1CCN(C)CC1. The molecule has 0 spiro atoms. The summed E-state index contributed by atoms with van der Waals surface area (Å²) in [5, 5.41) is 3.84. The molecule has 1 saturated heterocycles. The van der Waals surface area contributed by atoms with Gasteiger partial charge in [0.15, 0.2) is 11.5 Å². The Kier molecular flexibility index (Phi) is 5.06. The van der Waals surface area contributed by atoms with Gasteiger partial charge in [0, 0.05) is 49.9 Å². The molecule has 0 radical (unpaired) electrons. The maximum absolute atomic E-state index is 13.1. The predicted octanol–water partition coefficient (Wildman–Crippen LogP) is 3.12. The summed E-state index contributed by atoms with van der Waals surface area (Å²) < 4.78 is 3.62. The van der Waals surface area contributed by atoms with Gasteiger partial charge in [0.2, 0.25) is 5.95 Å². The zero-order valence-electron chi connectivity index (χ0n) is 19.5. The zero-order valence-corrected chi connectivity index (χ0v) is 19.5. The van der Waals surface area contributed by atoms with E-state index in [-0.39, 0.29) is 11.6 Å². The summed E-state index contributed by atoms with van der Waals surface area (Å²) in [6.45, 7) is 6.36. The van der Waals surface area contributed by atoms with Crippen molar-refractivity contribution in [3.63, 3.8) is 0 Å². The minimum absolute atomic E-state index is 0.0675. The Balaban J connectivity index is 1.34. The number of aryl methyl sites for hydroxylation is 1. The number of piperazine rings is 1. The molecule has 3 aromatic heterocycles. The summed E-state index contributed by atoms with van der Waals surface area (Å²) in [4.78, 5) is 31.6. The molecule has 0 unspecified atom stereocenters. The molecule has 2 aliphatic rings. The second-order valence-corrected chi connectivity index (χ2v) is 9.23. The van der Waals surface area contributed by atoms with Crippen molar-refractivity contribution in [2.45, 2.75) is 25.8 Å². The van der Waals surface area contributed by atoms with Gasteiger partial charge in [-0.1, -0.05) is 6.07 Å². The average molecular weight is 457 g/mol. The molecule has 4 heterocycles. The van der Waals surface area contributed by atoms with Crippen molar-refractivity contribution in [1.82, 2.24) is 29.2 Å². The molecule has 174 valence electrons. The van der Waals surface area contributed by atoms with Gasteiger partial charge in [-0.2, -0.15) is 4.98 Å². The van der Waals surface area contributed by atoms with Crippen molar-refractivity contribution in [3.05, 3.63) is 64.7 Å². The van der Waals surface area contributed by atoms with Crippen molar-refractivity contribution < 1.29 is 0 Å². The number of fused-ring (bicyclic) bond motifs is 1. The van der Waals surface area contributed by atoms with E-state index in [4.69, 9.17) is 4.98 Å². The van der Waals surface area contributed by atoms with Crippen LogP contribution < -0.4 is 15.8 Å². The fourth-order valence-corrected chi connectivity index (χ4v) is 4.67. The normalized spacial score (nSPS) is 16.8. The van der Waals surface area contributed by atoms with Gasteiger partial charge in [-0.25, -0.2) is 19.3 Å². The zero-order chi connectivity index (χ0) is 23.2. The van der Waals surface area contributed by atoms with Gasteiger partial charge in [0.1, 0.15) is 5.39 Å². The van der Waals surface area contributed by atoms with E-state index >= 15 is 0 Å². The fourth-order valence-electron chi connectivity index (χ4n) is 4.67. The molecular weight excluding hydrogens is 428 g/mol. The van der Waals surface area contributed by atoms with Crippen LogP contribution in [0.25, 0.3) is 16.9 Å². The first-order valence-electron chi connectivity index (χ1n) is 11.8. The lowest BCUT2D eigenvalue weighted by Crippen LogP contribution is -2.44. The standard InChI is InChI=1S/C25H28N8O/c1-17-15-18(6-9-21(17)31-13-11-30(2)12-14-31)28-25-27-16-20-23(29-25)33(22-5-3-4-10-26-22)32(24(20)34)19-7-8-19/h3-6,9-10,15-16,19H,7-8,11-14H2,1-2H3,(H,27,28,29). The number of nitrogens with zero attached hydrogens (tertiary/aromatic N) is 7. The highest BCUT2D eigenvalue weighted by Crippen LogP contribution is 2.35. The highest BCUT2D eigenvalue weighted by molar-refractivity contribution is 5.77. The van der Waals surface area contributed by atoms with Crippen LogP contribution in [0.1, 0.15) is 24.4 Å². The van der Waals surface area contributed by atoms with Crippen LogP contribution in [0.2, 0.25) is 0 Å². The lowest BCUT2D eigenvalue weighted by atomic mass is 10.1. The molecule has 1 aliphatic heterocycles. The van der Waals surface area contributed by atoms with E-state index in [1.165, 1.54) is 11.3 Å². The molecule has 2 fully saturated rings. The Hall–Kier alpha value is -3.72. The molecule has 0 bridgehead atoms. The van der Waals surface area contributed by atoms with Crippen molar-refractivity contribution in [2.24, 2.45) is 0 Å². The second-order valence-electron chi connectivity index (χ2n) is 9.23. The monoisotopic (exact) mass is 456 g/mol. The number of hydrogen-bond acceptors (Lipinski definition) is 7. The van der Waals surface area contributed by atoms with E-state index in [2.05, 4.69) is 57.3 Å². The fraction of sp³-hybridized carbons (Fsp3) is 0.360. The summed E-state index contributed by atoms with van der Waals surface area (Å²) in [7, 11) is 2.17. The molecule has 1 aliphatic carbocycles. The van der Waals surface area contributed by atoms with E-state index < -0.39 is 0 Å². The van der Waals surface area contributed by atoms with Gasteiger partial charge in [-0.05, 0) is 62.7 Å². The van der Waals surface area contributed by atoms with E-state index in [1.807, 2.05) is 22.9 Å². The number of pyridine rings is 1. The number of likely N-dealkylation sites (N-methyl/N-ethyl adjacent to an activating group) is 1. The highest BCUT2D eigenvalue weighted by Gasteiger charge is 2.31. The maximum atomic E-state index is 13.1. The quantitative estimate of drug-likeness (QED) is 0.494. The van der Waals surface area contributed by atoms with Crippen LogP contribution in [0.15, 0.2) is 53.6 Å². The van der Waals surface area contributed by atoms with E-state index in [9.17, 15) is 4.79 Å². The van der Waals surface area contributed by atoms with Crippen molar-refractivity contribution >= 4 is 28.4 Å². The minimum atomic E-state index is -0.0675. The van der Waals surface area contributed by atoms with Gasteiger partial charge in [-0.15, -0.1) is 0 Å². The van der Waals surface area contributed by atoms with Gasteiger partial charge in [0.25, 0.3) is 5.56 Å². The lowest BCUT2D eigenvalue weighted by molar-refractivity contribution is 0.312. The van der Waals surface area contributed by atoms with Crippen LogP contribution in [-0.4, -0.2) is 62.4 Å². The molecule has 9 nitrogen and oxygen atoms in total. The Morgan fingerprint density at radius 2 is 1.85 bits per heavy atom. The summed E-state index contributed by atoms with van der Waals surface area (Å²) in [5.74, 6) is 1.13. The number of aromatic nitrogens is 5. The van der Waals surface area contributed by atoms with Crippen LogP contribution in [0.3, 0.4) is 0 Å². The molecular formula is C25H28N8O. The first-order valence-corrected chi connectivity index (χ1v) is 11.8. The molecule has 1 aromatic carbocycles. The summed E-state index contributed by atoms with van der Waals surface area (Å²) >= 11 is 0. The molecule has 4 aromatic rings. The number of anilines is 3. The first-order chi connectivity index (χ1) is 16.6. The maximum Gasteiger partial charge on any atom is 0.278 e. The van der Waals surface area contributed by atoms with Gasteiger partial charge < -0.3 is 15.1 Å². The van der Waals surface area contributed by atoms with Crippen molar-refractivity contribution in [1.29, 1.82) is 0 Å². The average Bonchev–Trinajstić information content (AvgIpc) is 3.64.